The van der Waals surface area contributed by atoms with E-state index in [1.54, 1.807) is 0 Å². The molecule has 2 aromatic heterocycles. The Bertz CT molecular complexity index is 1160. The van der Waals surface area contributed by atoms with E-state index in [4.69, 9.17) is 4.74 Å². The maximum Gasteiger partial charge on any atom is 0.332 e. The van der Waals surface area contributed by atoms with Crippen LogP contribution in [0.25, 0.3) is 11.0 Å². The summed E-state index contributed by atoms with van der Waals surface area (Å²) >= 11 is 0. The highest BCUT2D eigenvalue weighted by atomic mass is 16.5. The number of anilines is 1. The molecule has 0 aliphatic rings. The zero-order valence-corrected chi connectivity index (χ0v) is 15.6. The van der Waals surface area contributed by atoms with Crippen molar-refractivity contribution in [2.75, 3.05) is 11.9 Å². The first-order valence-corrected chi connectivity index (χ1v) is 8.33. The van der Waals surface area contributed by atoms with Crippen LogP contribution in [0.5, 0.6) is 5.75 Å². The number of rotatable bonds is 4. The molecule has 140 valence electrons. The molecule has 3 aromatic rings. The zero-order valence-electron chi connectivity index (χ0n) is 15.6. The lowest BCUT2D eigenvalue weighted by molar-refractivity contribution is -0.118. The maximum absolute atomic E-state index is 12.3. The number of hydrogen-bond donors (Lipinski definition) is 1. The highest BCUT2D eigenvalue weighted by Gasteiger charge is 2.12. The summed E-state index contributed by atoms with van der Waals surface area (Å²) in [5, 5.41) is 2.90. The monoisotopic (exact) mass is 368 g/mol. The Balaban J connectivity index is 1.80. The average Bonchev–Trinajstić information content (AvgIpc) is 2.65. The van der Waals surface area contributed by atoms with E-state index in [9.17, 15) is 14.4 Å². The molecule has 1 aromatic carbocycles. The fourth-order valence-electron chi connectivity index (χ4n) is 2.74. The van der Waals surface area contributed by atoms with Gasteiger partial charge < -0.3 is 10.1 Å². The number of nitrogens with one attached hydrogen (secondary N) is 1. The second-order valence-electron chi connectivity index (χ2n) is 6.41. The van der Waals surface area contributed by atoms with E-state index in [2.05, 4.69) is 10.3 Å². The number of benzene rings is 1. The molecule has 0 bridgehead atoms. The van der Waals surface area contributed by atoms with Crippen LogP contribution in [0.2, 0.25) is 0 Å². The highest BCUT2D eigenvalue weighted by Crippen LogP contribution is 2.19. The van der Waals surface area contributed by atoms with Crippen LogP contribution in [0.1, 0.15) is 11.1 Å². The third-order valence-corrected chi connectivity index (χ3v) is 4.28. The topological polar surface area (TPSA) is 95.2 Å². The number of aromatic nitrogens is 3. The molecule has 0 spiro atoms. The Morgan fingerprint density at radius 2 is 1.89 bits per heavy atom. The summed E-state index contributed by atoms with van der Waals surface area (Å²) in [6, 6.07) is 7.26. The second kappa shape index (κ2) is 7.06. The van der Waals surface area contributed by atoms with Gasteiger partial charge in [-0.2, -0.15) is 0 Å². The minimum atomic E-state index is -0.469. The van der Waals surface area contributed by atoms with Crippen LogP contribution >= 0.6 is 0 Å². The van der Waals surface area contributed by atoms with E-state index < -0.39 is 11.2 Å². The standard InChI is InChI=1S/C19H20N4O4/c1-11-5-6-12(2)15(7-11)27-10-16(24)21-13-8-14-17(20-9-13)22(3)19(26)23(4)18(14)25/h5-9H,10H2,1-4H3,(H,21,24). The Morgan fingerprint density at radius 3 is 2.63 bits per heavy atom. The highest BCUT2D eigenvalue weighted by molar-refractivity contribution is 5.93. The van der Waals surface area contributed by atoms with Gasteiger partial charge in [0, 0.05) is 14.1 Å². The summed E-state index contributed by atoms with van der Waals surface area (Å²) in [4.78, 5) is 40.6. The molecular weight excluding hydrogens is 348 g/mol. The van der Waals surface area contributed by atoms with Gasteiger partial charge in [-0.05, 0) is 37.1 Å². The smallest absolute Gasteiger partial charge is 0.332 e. The number of ether oxygens (including phenoxy) is 1. The van der Waals surface area contributed by atoms with Gasteiger partial charge in [0.05, 0.1) is 17.3 Å². The normalized spacial score (nSPS) is 10.8. The molecule has 2 heterocycles. The molecular formula is C19H20N4O4. The number of fused-ring (bicyclic) bond motifs is 1. The summed E-state index contributed by atoms with van der Waals surface area (Å²) in [6.45, 7) is 3.68. The molecule has 0 saturated carbocycles. The van der Waals surface area contributed by atoms with Crippen LogP contribution in [0.15, 0.2) is 40.1 Å². The van der Waals surface area contributed by atoms with Crippen molar-refractivity contribution in [1.82, 2.24) is 14.1 Å². The van der Waals surface area contributed by atoms with E-state index in [1.165, 1.54) is 30.9 Å². The van der Waals surface area contributed by atoms with E-state index >= 15 is 0 Å². The maximum atomic E-state index is 12.3. The van der Waals surface area contributed by atoms with Gasteiger partial charge in [-0.3, -0.25) is 18.7 Å². The van der Waals surface area contributed by atoms with Crippen molar-refractivity contribution in [2.24, 2.45) is 14.1 Å². The van der Waals surface area contributed by atoms with Crippen molar-refractivity contribution in [3.8, 4) is 5.75 Å². The summed E-state index contributed by atoms with van der Waals surface area (Å²) in [7, 11) is 2.93. The Kier molecular flexibility index (Phi) is 4.81. The molecule has 8 heteroatoms. The van der Waals surface area contributed by atoms with Gasteiger partial charge in [-0.1, -0.05) is 12.1 Å². The lowest BCUT2D eigenvalue weighted by Gasteiger charge is -2.11. The summed E-state index contributed by atoms with van der Waals surface area (Å²) in [5.74, 6) is 0.268. The average molecular weight is 368 g/mol. The van der Waals surface area contributed by atoms with Crippen molar-refractivity contribution in [3.05, 3.63) is 62.4 Å². The molecule has 0 radical (unpaired) electrons. The number of hydrogen-bond acceptors (Lipinski definition) is 5. The van der Waals surface area contributed by atoms with Crippen molar-refractivity contribution in [2.45, 2.75) is 13.8 Å². The van der Waals surface area contributed by atoms with Crippen LogP contribution in [-0.2, 0) is 18.9 Å². The van der Waals surface area contributed by atoms with Gasteiger partial charge in [0.25, 0.3) is 11.5 Å². The Hall–Kier alpha value is -3.42. The van der Waals surface area contributed by atoms with Crippen LogP contribution in [0, 0.1) is 13.8 Å². The molecule has 0 unspecified atom stereocenters. The molecule has 1 amide bonds. The van der Waals surface area contributed by atoms with Crippen molar-refractivity contribution in [3.63, 3.8) is 0 Å². The summed E-state index contributed by atoms with van der Waals surface area (Å²) < 4.78 is 7.86. The van der Waals surface area contributed by atoms with Crippen LogP contribution in [0.4, 0.5) is 5.69 Å². The van der Waals surface area contributed by atoms with Crippen LogP contribution in [0.3, 0.4) is 0 Å². The largest absolute Gasteiger partial charge is 0.483 e. The number of carbonyl (C=O) groups is 1. The fraction of sp³-hybridized carbons (Fsp3) is 0.263. The molecule has 3 rings (SSSR count). The van der Waals surface area contributed by atoms with Gasteiger partial charge in [-0.25, -0.2) is 9.78 Å². The number of aryl methyl sites for hydroxylation is 3. The minimum absolute atomic E-state index is 0.173. The van der Waals surface area contributed by atoms with Crippen molar-refractivity contribution < 1.29 is 9.53 Å². The molecule has 0 aliphatic heterocycles. The molecule has 0 fully saturated rings. The molecule has 0 saturated heterocycles. The Morgan fingerprint density at radius 1 is 1.15 bits per heavy atom. The van der Waals surface area contributed by atoms with Crippen LogP contribution < -0.4 is 21.3 Å². The van der Waals surface area contributed by atoms with E-state index in [0.717, 1.165) is 15.7 Å². The second-order valence-corrected chi connectivity index (χ2v) is 6.41. The van der Waals surface area contributed by atoms with E-state index in [0.29, 0.717) is 11.4 Å². The van der Waals surface area contributed by atoms with Gasteiger partial charge in [0.15, 0.2) is 6.61 Å². The molecule has 0 atom stereocenters. The minimum Gasteiger partial charge on any atom is -0.483 e. The molecule has 27 heavy (non-hydrogen) atoms. The van der Waals surface area contributed by atoms with Gasteiger partial charge >= 0.3 is 5.69 Å². The fourth-order valence-corrected chi connectivity index (χ4v) is 2.74. The first kappa shape index (κ1) is 18.4. The van der Waals surface area contributed by atoms with Crippen LogP contribution in [-0.4, -0.2) is 26.6 Å². The number of nitrogens with zero attached hydrogens (tertiary/aromatic N) is 3. The molecule has 8 nitrogen and oxygen atoms in total. The third-order valence-electron chi connectivity index (χ3n) is 4.28. The van der Waals surface area contributed by atoms with E-state index in [1.807, 2.05) is 32.0 Å². The van der Waals surface area contributed by atoms with Crippen molar-refractivity contribution in [1.29, 1.82) is 0 Å². The number of pyridine rings is 1. The van der Waals surface area contributed by atoms with Crippen molar-refractivity contribution >= 4 is 22.6 Å². The molecule has 0 aliphatic carbocycles. The van der Waals surface area contributed by atoms with E-state index in [-0.39, 0.29) is 23.5 Å². The van der Waals surface area contributed by atoms with Gasteiger partial charge in [-0.15, -0.1) is 0 Å². The lowest BCUT2D eigenvalue weighted by Crippen LogP contribution is -2.37. The van der Waals surface area contributed by atoms with Gasteiger partial charge in [0.2, 0.25) is 0 Å². The predicted molar refractivity (Wildman–Crippen MR) is 102 cm³/mol. The number of carbonyl (C=O) groups excluding carboxylic acids is 1. The molecule has 1 N–H and O–H groups in total. The zero-order chi connectivity index (χ0) is 19.7. The number of amides is 1. The first-order chi connectivity index (χ1) is 12.8. The third kappa shape index (κ3) is 3.59. The lowest BCUT2D eigenvalue weighted by atomic mass is 10.1. The summed E-state index contributed by atoms with van der Waals surface area (Å²) in [6.07, 6.45) is 1.40. The summed E-state index contributed by atoms with van der Waals surface area (Å²) in [5.41, 5.74) is 1.66. The van der Waals surface area contributed by atoms with Gasteiger partial charge in [0.1, 0.15) is 11.4 Å². The Labute approximate surface area is 155 Å². The SMILES string of the molecule is Cc1ccc(C)c(OCC(=O)Nc2cnc3c(c2)c(=O)n(C)c(=O)n3C)c1. The predicted octanol–water partition coefficient (Wildman–Crippen LogP) is 1.27. The first-order valence-electron chi connectivity index (χ1n) is 8.33. The quantitative estimate of drug-likeness (QED) is 0.748.